The molecule has 1 N–H and O–H groups in total. The molecule has 0 saturated carbocycles. The first-order valence-electron chi connectivity index (χ1n) is 5.12. The number of pyridine rings is 2. The van der Waals surface area contributed by atoms with Gasteiger partial charge in [-0.1, -0.05) is 17.7 Å². The van der Waals surface area contributed by atoms with Crippen molar-refractivity contribution in [3.8, 4) is 5.75 Å². The van der Waals surface area contributed by atoms with Crippen LogP contribution in [0.1, 0.15) is 10.4 Å². The summed E-state index contributed by atoms with van der Waals surface area (Å²) in [5.74, 6) is 0.451. The highest BCUT2D eigenvalue weighted by Gasteiger charge is 2.12. The predicted octanol–water partition coefficient (Wildman–Crippen LogP) is 2.39. The van der Waals surface area contributed by atoms with E-state index in [1.165, 1.54) is 19.5 Å². The lowest BCUT2D eigenvalue weighted by Gasteiger charge is -2.08. The zero-order valence-corrected chi connectivity index (χ0v) is 10.3. The molecule has 0 aliphatic rings. The fourth-order valence-corrected chi connectivity index (χ4v) is 1.56. The van der Waals surface area contributed by atoms with Gasteiger partial charge in [-0.15, -0.1) is 0 Å². The Hall–Kier alpha value is -2.14. The Labute approximate surface area is 109 Å². The van der Waals surface area contributed by atoms with Crippen molar-refractivity contribution in [1.82, 2.24) is 9.97 Å². The van der Waals surface area contributed by atoms with Crippen LogP contribution in [0.5, 0.6) is 5.75 Å². The zero-order valence-electron chi connectivity index (χ0n) is 9.55. The summed E-state index contributed by atoms with van der Waals surface area (Å²) in [5, 5.41) is 2.95. The van der Waals surface area contributed by atoms with E-state index in [9.17, 15) is 4.79 Å². The quantitative estimate of drug-likeness (QED) is 0.864. The van der Waals surface area contributed by atoms with Crippen molar-refractivity contribution < 1.29 is 9.53 Å². The number of carbonyl (C=O) groups excluding carboxylic acids is 1. The third-order valence-corrected chi connectivity index (χ3v) is 2.42. The fraction of sp³-hybridized carbons (Fsp3) is 0.0833. The molecule has 0 radical (unpaired) electrons. The van der Waals surface area contributed by atoms with Crippen LogP contribution in [0.4, 0.5) is 5.82 Å². The van der Waals surface area contributed by atoms with Gasteiger partial charge in [-0.3, -0.25) is 9.78 Å². The van der Waals surface area contributed by atoms with Crippen LogP contribution in [0.25, 0.3) is 0 Å². The molecule has 2 heterocycles. The number of halogens is 1. The molecule has 0 aliphatic heterocycles. The maximum atomic E-state index is 12.0. The lowest BCUT2D eigenvalue weighted by molar-refractivity contribution is 0.102. The second-order valence-electron chi connectivity index (χ2n) is 3.38. The average molecular weight is 264 g/mol. The minimum Gasteiger partial charge on any atom is -0.494 e. The summed E-state index contributed by atoms with van der Waals surface area (Å²) in [6.45, 7) is 0. The van der Waals surface area contributed by atoms with Gasteiger partial charge in [0.25, 0.3) is 5.91 Å². The maximum Gasteiger partial charge on any atom is 0.260 e. The molecule has 0 spiro atoms. The van der Waals surface area contributed by atoms with Crippen molar-refractivity contribution in [2.75, 3.05) is 12.4 Å². The van der Waals surface area contributed by atoms with E-state index in [2.05, 4.69) is 15.3 Å². The normalized spacial score (nSPS) is 9.89. The smallest absolute Gasteiger partial charge is 0.260 e. The minimum atomic E-state index is -0.330. The number of nitrogens with zero attached hydrogens (tertiary/aromatic N) is 2. The molecule has 2 aromatic rings. The van der Waals surface area contributed by atoms with Crippen LogP contribution in [0.15, 0.2) is 36.7 Å². The van der Waals surface area contributed by atoms with Gasteiger partial charge in [0.15, 0.2) is 0 Å². The van der Waals surface area contributed by atoms with Gasteiger partial charge in [0.2, 0.25) is 0 Å². The van der Waals surface area contributed by atoms with E-state index in [0.717, 1.165) is 0 Å². The maximum absolute atomic E-state index is 12.0. The van der Waals surface area contributed by atoms with Gasteiger partial charge in [-0.2, -0.15) is 0 Å². The molecule has 5 nitrogen and oxygen atoms in total. The van der Waals surface area contributed by atoms with Crippen LogP contribution < -0.4 is 10.1 Å². The summed E-state index contributed by atoms with van der Waals surface area (Å²) in [6, 6.07) is 6.55. The van der Waals surface area contributed by atoms with Gasteiger partial charge in [0.1, 0.15) is 16.7 Å². The third kappa shape index (κ3) is 2.75. The second-order valence-corrected chi connectivity index (χ2v) is 3.76. The summed E-state index contributed by atoms with van der Waals surface area (Å²) in [4.78, 5) is 19.9. The number of hydrogen-bond donors (Lipinski definition) is 1. The van der Waals surface area contributed by atoms with Crippen molar-refractivity contribution in [1.29, 1.82) is 0 Å². The van der Waals surface area contributed by atoms with Crippen LogP contribution in [-0.2, 0) is 0 Å². The molecule has 18 heavy (non-hydrogen) atoms. The van der Waals surface area contributed by atoms with E-state index in [4.69, 9.17) is 16.3 Å². The van der Waals surface area contributed by atoms with Gasteiger partial charge in [0.05, 0.1) is 18.9 Å². The van der Waals surface area contributed by atoms with Crippen LogP contribution in [-0.4, -0.2) is 23.0 Å². The average Bonchev–Trinajstić information content (AvgIpc) is 2.38. The number of carbonyl (C=O) groups is 1. The predicted molar refractivity (Wildman–Crippen MR) is 68.0 cm³/mol. The molecule has 0 aliphatic carbocycles. The van der Waals surface area contributed by atoms with Crippen LogP contribution in [0.3, 0.4) is 0 Å². The number of anilines is 1. The largest absolute Gasteiger partial charge is 0.494 e. The van der Waals surface area contributed by atoms with E-state index in [-0.39, 0.29) is 5.91 Å². The summed E-state index contributed by atoms with van der Waals surface area (Å²) >= 11 is 5.74. The second kappa shape index (κ2) is 5.46. The van der Waals surface area contributed by atoms with Crippen molar-refractivity contribution in [2.24, 2.45) is 0 Å². The number of aromatic nitrogens is 2. The molecule has 0 fully saturated rings. The molecule has 2 aromatic heterocycles. The molecule has 0 bridgehead atoms. The Kier molecular flexibility index (Phi) is 3.74. The van der Waals surface area contributed by atoms with Gasteiger partial charge >= 0.3 is 0 Å². The van der Waals surface area contributed by atoms with Crippen LogP contribution in [0, 0.1) is 0 Å². The SMILES string of the molecule is COc1cnccc1C(=O)Nc1cccc(Cl)n1. The Morgan fingerprint density at radius 3 is 2.94 bits per heavy atom. The molecule has 0 aromatic carbocycles. The standard InChI is InChI=1S/C12H10ClN3O2/c1-18-9-7-14-6-5-8(9)12(17)16-11-4-2-3-10(13)15-11/h2-7H,1H3,(H,15,16,17). The van der Waals surface area contributed by atoms with Crippen molar-refractivity contribution in [3.05, 3.63) is 47.4 Å². The fourth-order valence-electron chi connectivity index (χ4n) is 1.39. The van der Waals surface area contributed by atoms with E-state index < -0.39 is 0 Å². The van der Waals surface area contributed by atoms with E-state index in [1.807, 2.05) is 0 Å². The van der Waals surface area contributed by atoms with Crippen molar-refractivity contribution >= 4 is 23.3 Å². The lowest BCUT2D eigenvalue weighted by Crippen LogP contribution is -2.14. The number of nitrogens with one attached hydrogen (secondary N) is 1. The first-order valence-corrected chi connectivity index (χ1v) is 5.50. The van der Waals surface area contributed by atoms with Crippen molar-refractivity contribution in [2.45, 2.75) is 0 Å². The summed E-state index contributed by atoms with van der Waals surface area (Å²) in [6.07, 6.45) is 2.99. The summed E-state index contributed by atoms with van der Waals surface area (Å²) < 4.78 is 5.06. The molecule has 0 unspecified atom stereocenters. The Balaban J connectivity index is 2.22. The Morgan fingerprint density at radius 2 is 2.22 bits per heavy atom. The molecule has 92 valence electrons. The van der Waals surface area contributed by atoms with Crippen molar-refractivity contribution in [3.63, 3.8) is 0 Å². The van der Waals surface area contributed by atoms with E-state index >= 15 is 0 Å². The van der Waals surface area contributed by atoms with Crippen LogP contribution in [0.2, 0.25) is 5.15 Å². The monoisotopic (exact) mass is 263 g/mol. The van der Waals surface area contributed by atoms with Gasteiger partial charge < -0.3 is 10.1 Å². The Morgan fingerprint density at radius 1 is 1.39 bits per heavy atom. The highest BCUT2D eigenvalue weighted by atomic mass is 35.5. The summed E-state index contributed by atoms with van der Waals surface area (Å²) in [5.41, 5.74) is 0.384. The molecule has 2 rings (SSSR count). The minimum absolute atomic E-state index is 0.314. The Bertz CT molecular complexity index is 575. The number of ether oxygens (including phenoxy) is 1. The third-order valence-electron chi connectivity index (χ3n) is 2.21. The van der Waals surface area contributed by atoms with E-state index in [1.54, 1.807) is 24.3 Å². The first-order chi connectivity index (χ1) is 8.70. The highest BCUT2D eigenvalue weighted by molar-refractivity contribution is 6.29. The van der Waals surface area contributed by atoms with Gasteiger partial charge in [0, 0.05) is 6.20 Å². The number of rotatable bonds is 3. The number of amides is 1. The highest BCUT2D eigenvalue weighted by Crippen LogP contribution is 2.17. The summed E-state index contributed by atoms with van der Waals surface area (Å²) in [7, 11) is 1.48. The molecular formula is C12H10ClN3O2. The first kappa shape index (κ1) is 12.3. The van der Waals surface area contributed by atoms with E-state index in [0.29, 0.717) is 22.3 Å². The molecular weight excluding hydrogens is 254 g/mol. The topological polar surface area (TPSA) is 64.1 Å². The van der Waals surface area contributed by atoms with Gasteiger partial charge in [-0.25, -0.2) is 4.98 Å². The molecule has 6 heteroatoms. The zero-order chi connectivity index (χ0) is 13.0. The molecule has 0 atom stereocenters. The molecule has 1 amide bonds. The number of methoxy groups -OCH3 is 1. The molecule has 0 saturated heterocycles. The number of hydrogen-bond acceptors (Lipinski definition) is 4. The lowest BCUT2D eigenvalue weighted by atomic mass is 10.2. The van der Waals surface area contributed by atoms with Crippen LogP contribution >= 0.6 is 11.6 Å². The van der Waals surface area contributed by atoms with Gasteiger partial charge in [-0.05, 0) is 18.2 Å².